The predicted octanol–water partition coefficient (Wildman–Crippen LogP) is 14.9. The molecule has 0 saturated heterocycles. The molecule has 3 aliphatic heterocycles. The number of aromatic amines is 3. The zero-order chi connectivity index (χ0) is 81.8. The summed E-state index contributed by atoms with van der Waals surface area (Å²) in [6, 6.07) is 52.9. The van der Waals surface area contributed by atoms with Crippen LogP contribution in [0.5, 0.6) is 11.5 Å². The molecule has 12 aromatic rings. The van der Waals surface area contributed by atoms with Crippen molar-refractivity contribution in [3.8, 4) is 11.5 Å². The maximum absolute atomic E-state index is 14.8. The molecule has 9 aromatic carbocycles. The topological polar surface area (TPSA) is 292 Å². The molecule has 0 bridgehead atoms. The van der Waals surface area contributed by atoms with Crippen molar-refractivity contribution in [1.29, 1.82) is 0 Å². The lowest BCUT2D eigenvalue weighted by Gasteiger charge is -2.28. The monoisotopic (exact) mass is 1560 g/mol. The number of carbonyl (C=O) groups excluding carboxylic acids is 9. The van der Waals surface area contributed by atoms with Crippen LogP contribution in [0.1, 0.15) is 139 Å². The number of fused-ring (bicyclic) bond motifs is 3. The lowest BCUT2D eigenvalue weighted by atomic mass is 9.85. The number of hydrogen-bond acceptors (Lipinski definition) is 11. The number of H-pyrrole nitrogens is 3. The van der Waals surface area contributed by atoms with E-state index >= 15 is 0 Å². The molecule has 116 heavy (non-hydrogen) atoms. The Hall–Kier alpha value is -14.0. The molecule has 0 fully saturated rings. The molecule has 3 aliphatic rings. The quantitative estimate of drug-likeness (QED) is 0.0271. The predicted molar refractivity (Wildman–Crippen MR) is 431 cm³/mol. The third-order valence-corrected chi connectivity index (χ3v) is 20.6. The van der Waals surface area contributed by atoms with Crippen LogP contribution >= 0.6 is 0 Å². The van der Waals surface area contributed by atoms with E-state index in [9.17, 15) is 60.7 Å². The van der Waals surface area contributed by atoms with Gasteiger partial charge in [-0.2, -0.15) is 0 Å². The number of ether oxygens (including phenoxy) is 2. The Morgan fingerprint density at radius 1 is 0.379 bits per heavy atom. The van der Waals surface area contributed by atoms with E-state index in [-0.39, 0.29) is 110 Å². The van der Waals surface area contributed by atoms with Crippen LogP contribution in [-0.4, -0.2) is 82.0 Å². The molecule has 3 unspecified atom stereocenters. The number of Topliss-reactive ketones (excluding diaryl/α,β-unsaturated/α-hetero) is 3. The van der Waals surface area contributed by atoms with E-state index < -0.39 is 59.1 Å². The minimum absolute atomic E-state index is 0.00859. The standard InChI is InChI=1S/2C31H28FN3O4.C30H25F2N3O3/c1-18-13-28(37)35-30(29(18)27(36)15-20-5-10-26-21(14-20)11-12-33-26)22-6-9-25(32)24(16-22)31(38)34-17-19-3-7-23(39-2)8-4-19;1-18-13-28(37)35-30(29(18)26(36)15-19-7-10-25-20(14-19)11-12-33-25)21-8-9-24(32)23(16-21)31(38)34-17-22-5-3-4-6-27(22)39-2;1-17-11-27(37)35-29(28(17)26(36)14-18-5-8-25-20(12-18)9-10-33-25)21-6-7-24(32)23(15-21)30(38)34-16-19-3-2-4-22(31)13-19/h2*3-12,14,16,30,33H,13,15,17H2,1-2H3,(H,34,38)(H,35,37);2-10,12-13,15,29,33H,11,14,16H2,1H3,(H,34,38)(H,35,37). The van der Waals surface area contributed by atoms with Gasteiger partial charge in [-0.05, 0) is 203 Å². The first-order valence-electron chi connectivity index (χ1n) is 37.4. The van der Waals surface area contributed by atoms with Gasteiger partial charge in [0.25, 0.3) is 17.7 Å². The summed E-state index contributed by atoms with van der Waals surface area (Å²) in [5.74, 6) is -4.37. The number of halogens is 4. The van der Waals surface area contributed by atoms with Gasteiger partial charge in [-0.25, -0.2) is 17.6 Å². The van der Waals surface area contributed by atoms with Crippen LogP contribution in [0.2, 0.25) is 0 Å². The number of rotatable bonds is 23. The fraction of sp³-hybridized carbons (Fsp3) is 0.185. The van der Waals surface area contributed by atoms with Crippen molar-refractivity contribution in [1.82, 2.24) is 46.9 Å². The van der Waals surface area contributed by atoms with Crippen LogP contribution in [0.25, 0.3) is 32.7 Å². The first-order chi connectivity index (χ1) is 55.9. The summed E-state index contributed by atoms with van der Waals surface area (Å²) < 4.78 is 68.2. The molecular formula is C92H81F4N9O11. The summed E-state index contributed by atoms with van der Waals surface area (Å²) in [6.07, 6.45) is 6.22. The van der Waals surface area contributed by atoms with Crippen LogP contribution in [0.3, 0.4) is 0 Å². The van der Waals surface area contributed by atoms with Gasteiger partial charge in [-0.3, -0.25) is 43.2 Å². The molecule has 3 aromatic heterocycles. The number of para-hydroxylation sites is 1. The first-order valence-corrected chi connectivity index (χ1v) is 37.4. The average molecular weight is 1560 g/mol. The van der Waals surface area contributed by atoms with Gasteiger partial charge in [-0.1, -0.05) is 95.6 Å². The lowest BCUT2D eigenvalue weighted by molar-refractivity contribution is -0.123. The second-order valence-corrected chi connectivity index (χ2v) is 28.7. The molecule has 9 N–H and O–H groups in total. The van der Waals surface area contributed by atoms with Gasteiger partial charge >= 0.3 is 0 Å². The molecule has 6 heterocycles. The smallest absolute Gasteiger partial charge is 0.254 e. The Labute approximate surface area is 664 Å². The molecule has 0 spiro atoms. The number of benzene rings is 9. The SMILES string of the molecule is CC1=C(C(=O)Cc2ccc3[nH]ccc3c2)C(c2ccc(F)c(C(=O)NCc3cccc(F)c3)c2)NC(=O)C1.COc1ccc(CNC(=O)c2cc(C3NC(=O)CC(C)=C3C(=O)Cc3ccc4[nH]ccc4c3)ccc2F)cc1.COc1ccccc1CNC(=O)c1cc(C2NC(=O)CC(C)=C2C(=O)Cc2ccc3[nH]ccc3c2)ccc1F. The second kappa shape index (κ2) is 35.8. The van der Waals surface area contributed by atoms with Crippen molar-refractivity contribution in [3.05, 3.63) is 342 Å². The third-order valence-electron chi connectivity index (χ3n) is 20.6. The van der Waals surface area contributed by atoms with E-state index in [1.54, 1.807) is 52.1 Å². The molecule has 20 nitrogen and oxygen atoms in total. The summed E-state index contributed by atoms with van der Waals surface area (Å²) in [5, 5.41) is 19.6. The minimum atomic E-state index is -0.824. The van der Waals surface area contributed by atoms with E-state index in [1.807, 2.05) is 122 Å². The van der Waals surface area contributed by atoms with E-state index in [0.29, 0.717) is 67.2 Å². The number of methoxy groups -OCH3 is 2. The molecule has 3 atom stereocenters. The maximum Gasteiger partial charge on any atom is 0.254 e. The average Bonchev–Trinajstić information content (AvgIpc) is 1.12. The zero-order valence-electron chi connectivity index (χ0n) is 63.9. The summed E-state index contributed by atoms with van der Waals surface area (Å²) in [4.78, 5) is 126. The van der Waals surface area contributed by atoms with Crippen LogP contribution in [0, 0.1) is 23.3 Å². The lowest BCUT2D eigenvalue weighted by Crippen LogP contribution is -2.37. The molecule has 0 saturated carbocycles. The van der Waals surface area contributed by atoms with Crippen LogP contribution in [0.4, 0.5) is 17.6 Å². The van der Waals surface area contributed by atoms with Gasteiger partial charge < -0.3 is 56.3 Å². The number of ketones is 3. The van der Waals surface area contributed by atoms with E-state index in [1.165, 1.54) is 73.8 Å². The summed E-state index contributed by atoms with van der Waals surface area (Å²) in [7, 11) is 3.11. The summed E-state index contributed by atoms with van der Waals surface area (Å²) in [6.45, 7) is 5.61. The van der Waals surface area contributed by atoms with Gasteiger partial charge in [-0.15, -0.1) is 0 Å². The number of hydrogen-bond donors (Lipinski definition) is 9. The van der Waals surface area contributed by atoms with Crippen LogP contribution < -0.4 is 41.4 Å². The van der Waals surface area contributed by atoms with Crippen LogP contribution in [-0.2, 0) is 67.7 Å². The molecule has 6 amide bonds. The Balaban J connectivity index is 0.000000151. The Bertz CT molecular complexity index is 5970. The zero-order valence-corrected chi connectivity index (χ0v) is 63.9. The van der Waals surface area contributed by atoms with Crippen molar-refractivity contribution in [2.75, 3.05) is 14.2 Å². The normalized spacial score (nSPS) is 15.3. The van der Waals surface area contributed by atoms with E-state index in [4.69, 9.17) is 9.47 Å². The number of carbonyl (C=O) groups is 9. The molecule has 0 aliphatic carbocycles. The molecule has 0 radical (unpaired) electrons. The third kappa shape index (κ3) is 18.8. The van der Waals surface area contributed by atoms with Crippen molar-refractivity contribution >= 4 is 85.5 Å². The number of aromatic nitrogens is 3. The van der Waals surface area contributed by atoms with Crippen molar-refractivity contribution in [2.24, 2.45) is 0 Å². The Morgan fingerprint density at radius 2 is 0.750 bits per heavy atom. The highest BCUT2D eigenvalue weighted by Crippen LogP contribution is 2.37. The van der Waals surface area contributed by atoms with Gasteiger partial charge in [0, 0.05) is 116 Å². The van der Waals surface area contributed by atoms with Gasteiger partial charge in [0.2, 0.25) is 17.7 Å². The van der Waals surface area contributed by atoms with Crippen molar-refractivity contribution in [3.63, 3.8) is 0 Å². The Kier molecular flexibility index (Phi) is 24.7. The number of nitrogens with one attached hydrogen (secondary N) is 9. The largest absolute Gasteiger partial charge is 0.497 e. The summed E-state index contributed by atoms with van der Waals surface area (Å²) >= 11 is 0. The second-order valence-electron chi connectivity index (χ2n) is 28.7. The minimum Gasteiger partial charge on any atom is -0.497 e. The first kappa shape index (κ1) is 80.0. The van der Waals surface area contributed by atoms with Gasteiger partial charge in [0.05, 0.1) is 49.0 Å². The van der Waals surface area contributed by atoms with Crippen molar-refractivity contribution < 1.29 is 70.2 Å². The number of amides is 6. The van der Waals surface area contributed by atoms with Gasteiger partial charge in [0.1, 0.15) is 34.8 Å². The maximum atomic E-state index is 14.8. The van der Waals surface area contributed by atoms with E-state index in [2.05, 4.69) is 46.9 Å². The fourth-order valence-corrected chi connectivity index (χ4v) is 14.8. The highest BCUT2D eigenvalue weighted by molar-refractivity contribution is 6.05. The van der Waals surface area contributed by atoms with Gasteiger partial charge in [0.15, 0.2) is 17.3 Å². The van der Waals surface area contributed by atoms with E-state index in [0.717, 1.165) is 66.6 Å². The highest BCUT2D eigenvalue weighted by atomic mass is 19.1. The molecule has 588 valence electrons. The summed E-state index contributed by atoms with van der Waals surface area (Å²) in [5.41, 5.74) is 11.6. The molecule has 24 heteroatoms. The fourth-order valence-electron chi connectivity index (χ4n) is 14.8. The van der Waals surface area contributed by atoms with Crippen LogP contribution in [0.15, 0.2) is 252 Å². The molecule has 15 rings (SSSR count). The van der Waals surface area contributed by atoms with Crippen molar-refractivity contribution in [2.45, 2.75) is 97.1 Å². The molecular weight excluding hydrogens is 1480 g/mol. The Morgan fingerprint density at radius 3 is 1.13 bits per heavy atom. The highest BCUT2D eigenvalue weighted by Gasteiger charge is 2.36.